The van der Waals surface area contributed by atoms with Crippen molar-refractivity contribution in [1.82, 2.24) is 24.6 Å². The largest absolute Gasteiger partial charge is 0.355 e. The zero-order valence-electron chi connectivity index (χ0n) is 20.3. The van der Waals surface area contributed by atoms with E-state index in [1.165, 1.54) is 18.5 Å². The van der Waals surface area contributed by atoms with Crippen LogP contribution in [0.5, 0.6) is 0 Å². The molecule has 0 radical (unpaired) electrons. The average molecular weight is 455 g/mol. The quantitative estimate of drug-likeness (QED) is 0.395. The molecule has 0 unspecified atom stereocenters. The van der Waals surface area contributed by atoms with Gasteiger partial charge in [0.1, 0.15) is 11.6 Å². The summed E-state index contributed by atoms with van der Waals surface area (Å²) in [6.07, 6.45) is 5.04. The van der Waals surface area contributed by atoms with Gasteiger partial charge in [0, 0.05) is 26.1 Å². The molecule has 176 valence electrons. The van der Waals surface area contributed by atoms with E-state index >= 15 is 0 Å². The van der Waals surface area contributed by atoms with E-state index in [2.05, 4.69) is 60.0 Å². The second-order valence-electron chi connectivity index (χ2n) is 9.62. The summed E-state index contributed by atoms with van der Waals surface area (Å²) in [6.45, 7) is 9.99. The first-order chi connectivity index (χ1) is 16.7. The summed E-state index contributed by atoms with van der Waals surface area (Å²) in [6, 6.07) is 20.7. The Morgan fingerprint density at radius 1 is 0.853 bits per heavy atom. The Bertz CT molecular complexity index is 1200. The van der Waals surface area contributed by atoms with E-state index in [1.807, 2.05) is 35.1 Å². The smallest absolute Gasteiger partial charge is 0.168 e. The zero-order chi connectivity index (χ0) is 23.3. The molecule has 2 aromatic carbocycles. The zero-order valence-corrected chi connectivity index (χ0v) is 20.3. The number of anilines is 1. The topological polar surface area (TPSA) is 50.1 Å². The molecule has 0 saturated carbocycles. The van der Waals surface area contributed by atoms with Gasteiger partial charge >= 0.3 is 0 Å². The van der Waals surface area contributed by atoms with Crippen LogP contribution >= 0.6 is 0 Å². The van der Waals surface area contributed by atoms with Crippen molar-refractivity contribution in [2.24, 2.45) is 5.92 Å². The van der Waals surface area contributed by atoms with Gasteiger partial charge in [-0.05, 0) is 49.5 Å². The maximum Gasteiger partial charge on any atom is 0.168 e. The number of aromatic nitrogens is 4. The van der Waals surface area contributed by atoms with Crippen LogP contribution in [0.3, 0.4) is 0 Å². The van der Waals surface area contributed by atoms with Crippen molar-refractivity contribution in [1.29, 1.82) is 0 Å². The molecular weight excluding hydrogens is 420 g/mol. The van der Waals surface area contributed by atoms with E-state index in [0.29, 0.717) is 6.42 Å². The highest BCUT2D eigenvalue weighted by Gasteiger charge is 2.22. The van der Waals surface area contributed by atoms with E-state index < -0.39 is 0 Å². The molecule has 1 fully saturated rings. The third-order valence-electron chi connectivity index (χ3n) is 6.57. The molecule has 5 rings (SSSR count). The Labute approximate surface area is 202 Å². The predicted molar refractivity (Wildman–Crippen MR) is 139 cm³/mol. The van der Waals surface area contributed by atoms with Crippen LogP contribution < -0.4 is 4.90 Å². The van der Waals surface area contributed by atoms with Gasteiger partial charge in [0.25, 0.3) is 0 Å². The number of hydrogen-bond acceptors (Lipinski definition) is 5. The fourth-order valence-corrected chi connectivity index (χ4v) is 4.64. The van der Waals surface area contributed by atoms with E-state index in [-0.39, 0.29) is 0 Å². The minimum absolute atomic E-state index is 0.706. The fraction of sp³-hybridized carbons (Fsp3) is 0.393. The molecule has 1 aliphatic heterocycles. The van der Waals surface area contributed by atoms with Crippen molar-refractivity contribution in [3.8, 4) is 5.69 Å². The molecule has 0 bridgehead atoms. The van der Waals surface area contributed by atoms with Crippen molar-refractivity contribution in [3.63, 3.8) is 0 Å². The van der Waals surface area contributed by atoms with E-state index in [0.717, 1.165) is 66.9 Å². The van der Waals surface area contributed by atoms with Gasteiger partial charge in [-0.25, -0.2) is 14.6 Å². The Kier molecular flexibility index (Phi) is 6.86. The van der Waals surface area contributed by atoms with Crippen molar-refractivity contribution in [2.45, 2.75) is 33.1 Å². The Balaban J connectivity index is 1.50. The maximum atomic E-state index is 5.11. The molecule has 0 atom stereocenters. The number of para-hydroxylation sites is 1. The molecule has 0 N–H and O–H groups in total. The summed E-state index contributed by atoms with van der Waals surface area (Å²) in [5.74, 6) is 2.60. The molecule has 6 heteroatoms. The van der Waals surface area contributed by atoms with Crippen LogP contribution in [0.15, 0.2) is 66.9 Å². The van der Waals surface area contributed by atoms with Gasteiger partial charge in [-0.15, -0.1) is 0 Å². The van der Waals surface area contributed by atoms with Crippen LogP contribution in [-0.2, 0) is 6.42 Å². The molecule has 2 aromatic heterocycles. The van der Waals surface area contributed by atoms with Gasteiger partial charge in [-0.2, -0.15) is 5.10 Å². The van der Waals surface area contributed by atoms with Gasteiger partial charge in [-0.3, -0.25) is 0 Å². The first-order valence-corrected chi connectivity index (χ1v) is 12.5. The normalized spacial score (nSPS) is 15.2. The molecule has 0 aliphatic carbocycles. The van der Waals surface area contributed by atoms with Crippen molar-refractivity contribution >= 4 is 16.9 Å². The maximum absolute atomic E-state index is 5.11. The van der Waals surface area contributed by atoms with Gasteiger partial charge in [-0.1, -0.05) is 62.4 Å². The summed E-state index contributed by atoms with van der Waals surface area (Å²) in [5, 5.41) is 5.76. The van der Waals surface area contributed by atoms with Gasteiger partial charge in [0.15, 0.2) is 5.65 Å². The van der Waals surface area contributed by atoms with Crippen LogP contribution in [0, 0.1) is 5.92 Å². The van der Waals surface area contributed by atoms with E-state index in [4.69, 9.17) is 15.1 Å². The van der Waals surface area contributed by atoms with Gasteiger partial charge in [0.05, 0.1) is 17.3 Å². The lowest BCUT2D eigenvalue weighted by Gasteiger charge is -2.24. The number of hydrogen-bond donors (Lipinski definition) is 0. The summed E-state index contributed by atoms with van der Waals surface area (Å²) in [4.78, 5) is 15.2. The van der Waals surface area contributed by atoms with E-state index in [1.54, 1.807) is 0 Å². The third kappa shape index (κ3) is 5.12. The predicted octanol–water partition coefficient (Wildman–Crippen LogP) is 4.96. The van der Waals surface area contributed by atoms with Crippen LogP contribution in [0.1, 0.15) is 38.1 Å². The number of fused-ring (bicyclic) bond motifs is 1. The minimum Gasteiger partial charge on any atom is -0.355 e. The van der Waals surface area contributed by atoms with Crippen LogP contribution in [0.2, 0.25) is 0 Å². The molecule has 1 aliphatic rings. The SMILES string of the molecule is CC(C)CCN1CCCN(c2nc(Cc3ccccc3)nc3c2cnn3-c2ccccc2)CC1. The number of rotatable bonds is 7. The highest BCUT2D eigenvalue weighted by atomic mass is 15.3. The summed E-state index contributed by atoms with van der Waals surface area (Å²) in [7, 11) is 0. The Morgan fingerprint density at radius 3 is 2.38 bits per heavy atom. The molecule has 4 aromatic rings. The second-order valence-corrected chi connectivity index (χ2v) is 9.62. The third-order valence-corrected chi connectivity index (χ3v) is 6.57. The van der Waals surface area contributed by atoms with Crippen LogP contribution in [0.4, 0.5) is 5.82 Å². The summed E-state index contributed by atoms with van der Waals surface area (Å²) in [5.41, 5.74) is 3.11. The van der Waals surface area contributed by atoms with Crippen molar-refractivity contribution < 1.29 is 0 Å². The average Bonchev–Trinajstić information content (AvgIpc) is 3.14. The molecule has 0 amide bonds. The van der Waals surface area contributed by atoms with Gasteiger partial charge in [0.2, 0.25) is 0 Å². The first kappa shape index (κ1) is 22.5. The molecule has 3 heterocycles. The highest BCUT2D eigenvalue weighted by Crippen LogP contribution is 2.27. The van der Waals surface area contributed by atoms with E-state index in [9.17, 15) is 0 Å². The van der Waals surface area contributed by atoms with Crippen LogP contribution in [0.25, 0.3) is 16.7 Å². The van der Waals surface area contributed by atoms with Crippen LogP contribution in [-0.4, -0.2) is 57.4 Å². The lowest BCUT2D eigenvalue weighted by Crippen LogP contribution is -2.32. The number of benzene rings is 2. The molecule has 6 nitrogen and oxygen atoms in total. The summed E-state index contributed by atoms with van der Waals surface area (Å²) < 4.78 is 1.95. The standard InChI is InChI=1S/C28H34N6/c1-22(2)14-17-32-15-9-16-33(19-18-32)27-25-21-29-34(24-12-7-4-8-13-24)28(25)31-26(30-27)20-23-10-5-3-6-11-23/h3-8,10-13,21-22H,9,14-20H2,1-2H3. The molecule has 0 spiro atoms. The first-order valence-electron chi connectivity index (χ1n) is 12.5. The lowest BCUT2D eigenvalue weighted by atomic mass is 10.1. The second kappa shape index (κ2) is 10.3. The summed E-state index contributed by atoms with van der Waals surface area (Å²) >= 11 is 0. The highest BCUT2D eigenvalue weighted by molar-refractivity contribution is 5.88. The molecule has 1 saturated heterocycles. The minimum atomic E-state index is 0.706. The lowest BCUT2D eigenvalue weighted by molar-refractivity contribution is 0.275. The van der Waals surface area contributed by atoms with Gasteiger partial charge < -0.3 is 9.80 Å². The number of nitrogens with zero attached hydrogens (tertiary/aromatic N) is 6. The van der Waals surface area contributed by atoms with Crippen molar-refractivity contribution in [2.75, 3.05) is 37.6 Å². The Hall–Kier alpha value is -3.25. The Morgan fingerprint density at radius 2 is 1.62 bits per heavy atom. The fourth-order valence-electron chi connectivity index (χ4n) is 4.64. The monoisotopic (exact) mass is 454 g/mol. The molecular formula is C28H34N6. The van der Waals surface area contributed by atoms with Crippen molar-refractivity contribution in [3.05, 3.63) is 78.2 Å². The molecule has 34 heavy (non-hydrogen) atoms.